The van der Waals surface area contributed by atoms with Gasteiger partial charge in [-0.15, -0.1) is 0 Å². The van der Waals surface area contributed by atoms with Crippen LogP contribution in [0.2, 0.25) is 0 Å². The van der Waals surface area contributed by atoms with Crippen molar-refractivity contribution in [3.8, 4) is 0 Å². The van der Waals surface area contributed by atoms with Gasteiger partial charge < -0.3 is 6.92 Å². The molecule has 0 spiro atoms. The molecule has 1 heteroatoms. The first-order chi connectivity index (χ1) is 4.33. The second-order valence-electron chi connectivity index (χ2n) is 2.88. The SMILES string of the molecule is [CH2-]C1CCC(SC)CC1. The number of rotatable bonds is 1. The summed E-state index contributed by atoms with van der Waals surface area (Å²) in [5.74, 6) is 0.758. The Morgan fingerprint density at radius 2 is 1.78 bits per heavy atom. The minimum absolute atomic E-state index is 0.758. The summed E-state index contributed by atoms with van der Waals surface area (Å²) in [7, 11) is 0. The fourth-order valence-electron chi connectivity index (χ4n) is 1.37. The van der Waals surface area contributed by atoms with Gasteiger partial charge in [0.15, 0.2) is 0 Å². The van der Waals surface area contributed by atoms with E-state index < -0.39 is 0 Å². The first kappa shape index (κ1) is 7.46. The van der Waals surface area contributed by atoms with Crippen molar-refractivity contribution in [3.63, 3.8) is 0 Å². The first-order valence-electron chi connectivity index (χ1n) is 3.69. The molecule has 9 heavy (non-hydrogen) atoms. The van der Waals surface area contributed by atoms with E-state index in [1.54, 1.807) is 0 Å². The normalized spacial score (nSPS) is 36.7. The topological polar surface area (TPSA) is 0 Å². The van der Waals surface area contributed by atoms with Crippen LogP contribution in [0.5, 0.6) is 0 Å². The van der Waals surface area contributed by atoms with Crippen molar-refractivity contribution >= 4 is 11.8 Å². The quantitative estimate of drug-likeness (QED) is 0.509. The van der Waals surface area contributed by atoms with Crippen LogP contribution >= 0.6 is 11.8 Å². The first-order valence-corrected chi connectivity index (χ1v) is 4.97. The van der Waals surface area contributed by atoms with Gasteiger partial charge in [-0.25, -0.2) is 0 Å². The van der Waals surface area contributed by atoms with Crippen LogP contribution in [0.25, 0.3) is 0 Å². The van der Waals surface area contributed by atoms with E-state index in [-0.39, 0.29) is 0 Å². The van der Waals surface area contributed by atoms with Gasteiger partial charge in [0.2, 0.25) is 0 Å². The van der Waals surface area contributed by atoms with Gasteiger partial charge in [-0.05, 0) is 19.1 Å². The Balaban J connectivity index is 2.18. The number of thioether (sulfide) groups is 1. The fraction of sp³-hybridized carbons (Fsp3) is 0.875. The van der Waals surface area contributed by atoms with E-state index in [4.69, 9.17) is 0 Å². The maximum absolute atomic E-state index is 4.06. The van der Waals surface area contributed by atoms with E-state index in [1.807, 2.05) is 11.8 Å². The third kappa shape index (κ3) is 2.21. The van der Waals surface area contributed by atoms with E-state index in [0.29, 0.717) is 0 Å². The molecular formula is C8H15S-. The van der Waals surface area contributed by atoms with Gasteiger partial charge in [0.25, 0.3) is 0 Å². The Morgan fingerprint density at radius 1 is 1.22 bits per heavy atom. The fourth-order valence-corrected chi connectivity index (χ4v) is 2.11. The third-order valence-electron chi connectivity index (χ3n) is 2.13. The maximum atomic E-state index is 4.06. The van der Waals surface area contributed by atoms with Crippen molar-refractivity contribution in [3.05, 3.63) is 6.92 Å². The summed E-state index contributed by atoms with van der Waals surface area (Å²) in [6, 6.07) is 0. The van der Waals surface area contributed by atoms with Gasteiger partial charge in [0.05, 0.1) is 0 Å². The maximum Gasteiger partial charge on any atom is 0.00426 e. The lowest BCUT2D eigenvalue weighted by molar-refractivity contribution is 0.426. The molecule has 1 saturated carbocycles. The summed E-state index contributed by atoms with van der Waals surface area (Å²) in [6.07, 6.45) is 7.72. The largest absolute Gasteiger partial charge is 0.340 e. The molecule has 0 aromatic rings. The van der Waals surface area contributed by atoms with Crippen LogP contribution in [0.3, 0.4) is 0 Å². The lowest BCUT2D eigenvalue weighted by Gasteiger charge is -2.28. The molecule has 1 fully saturated rings. The summed E-state index contributed by atoms with van der Waals surface area (Å²) in [6.45, 7) is 4.06. The van der Waals surface area contributed by atoms with Crippen molar-refractivity contribution in [2.75, 3.05) is 6.26 Å². The molecule has 0 nitrogen and oxygen atoms in total. The molecule has 0 atom stereocenters. The molecule has 54 valence electrons. The minimum atomic E-state index is 0.758. The molecule has 0 aromatic carbocycles. The van der Waals surface area contributed by atoms with E-state index in [2.05, 4.69) is 13.2 Å². The summed E-state index contributed by atoms with van der Waals surface area (Å²) < 4.78 is 0. The van der Waals surface area contributed by atoms with Crippen molar-refractivity contribution in [1.29, 1.82) is 0 Å². The van der Waals surface area contributed by atoms with Gasteiger partial charge in [-0.3, -0.25) is 0 Å². The van der Waals surface area contributed by atoms with E-state index >= 15 is 0 Å². The third-order valence-corrected chi connectivity index (χ3v) is 3.27. The van der Waals surface area contributed by atoms with Gasteiger partial charge in [0, 0.05) is 5.25 Å². The molecule has 0 unspecified atom stereocenters. The average Bonchev–Trinajstić information content (AvgIpc) is 1.90. The van der Waals surface area contributed by atoms with Crippen LogP contribution in [0.4, 0.5) is 0 Å². The lowest BCUT2D eigenvalue weighted by atomic mass is 9.91. The van der Waals surface area contributed by atoms with Crippen LogP contribution in [-0.4, -0.2) is 11.5 Å². The molecule has 0 amide bonds. The summed E-state index contributed by atoms with van der Waals surface area (Å²) >= 11 is 2.02. The molecule has 0 aromatic heterocycles. The Morgan fingerprint density at radius 3 is 2.22 bits per heavy atom. The van der Waals surface area contributed by atoms with Crippen molar-refractivity contribution < 1.29 is 0 Å². The average molecular weight is 143 g/mol. The Hall–Kier alpha value is 0.350. The Kier molecular flexibility index (Phi) is 2.90. The minimum Gasteiger partial charge on any atom is -0.340 e. The molecule has 1 rings (SSSR count). The highest BCUT2D eigenvalue weighted by molar-refractivity contribution is 7.99. The predicted octanol–water partition coefficient (Wildman–Crippen LogP) is 2.74. The van der Waals surface area contributed by atoms with Gasteiger partial charge in [-0.2, -0.15) is 17.7 Å². The molecule has 1 aliphatic carbocycles. The smallest absolute Gasteiger partial charge is 0.00426 e. The molecule has 0 radical (unpaired) electrons. The highest BCUT2D eigenvalue weighted by Gasteiger charge is 2.12. The molecular weight excluding hydrogens is 128 g/mol. The monoisotopic (exact) mass is 143 g/mol. The zero-order valence-corrected chi connectivity index (χ0v) is 6.91. The van der Waals surface area contributed by atoms with Crippen LogP contribution in [-0.2, 0) is 0 Å². The molecule has 0 aliphatic heterocycles. The second kappa shape index (κ2) is 3.50. The van der Waals surface area contributed by atoms with Gasteiger partial charge in [-0.1, -0.05) is 12.8 Å². The zero-order chi connectivity index (χ0) is 6.69. The lowest BCUT2D eigenvalue weighted by Crippen LogP contribution is -2.13. The Bertz CT molecular complexity index is 72.6. The van der Waals surface area contributed by atoms with Crippen LogP contribution in [0.1, 0.15) is 25.7 Å². The zero-order valence-electron chi connectivity index (χ0n) is 6.10. The predicted molar refractivity (Wildman–Crippen MR) is 44.6 cm³/mol. The van der Waals surface area contributed by atoms with Crippen molar-refractivity contribution in [1.82, 2.24) is 0 Å². The Labute approximate surface area is 62.4 Å². The molecule has 1 aliphatic rings. The second-order valence-corrected chi connectivity index (χ2v) is 4.02. The van der Waals surface area contributed by atoms with E-state index in [0.717, 1.165) is 11.2 Å². The standard InChI is InChI=1S/C8H15S/c1-7-3-5-8(9-2)6-4-7/h7-8H,1,3-6H2,2H3/q-1. The van der Waals surface area contributed by atoms with E-state index in [9.17, 15) is 0 Å². The van der Waals surface area contributed by atoms with Crippen LogP contribution < -0.4 is 0 Å². The van der Waals surface area contributed by atoms with Crippen LogP contribution in [0.15, 0.2) is 0 Å². The summed E-state index contributed by atoms with van der Waals surface area (Å²) in [4.78, 5) is 0. The summed E-state index contributed by atoms with van der Waals surface area (Å²) in [5, 5.41) is 0.947. The van der Waals surface area contributed by atoms with Crippen LogP contribution in [0, 0.1) is 12.8 Å². The van der Waals surface area contributed by atoms with E-state index in [1.165, 1.54) is 25.7 Å². The van der Waals surface area contributed by atoms with Crippen molar-refractivity contribution in [2.24, 2.45) is 5.92 Å². The van der Waals surface area contributed by atoms with Gasteiger partial charge >= 0.3 is 0 Å². The molecule has 0 bridgehead atoms. The highest BCUT2D eigenvalue weighted by atomic mass is 32.2. The number of hydrogen-bond donors (Lipinski definition) is 0. The summed E-state index contributed by atoms with van der Waals surface area (Å²) in [5.41, 5.74) is 0. The highest BCUT2D eigenvalue weighted by Crippen LogP contribution is 2.29. The molecule has 0 heterocycles. The van der Waals surface area contributed by atoms with Gasteiger partial charge in [0.1, 0.15) is 0 Å². The molecule has 0 saturated heterocycles. The number of hydrogen-bond acceptors (Lipinski definition) is 1. The molecule has 0 N–H and O–H groups in total. The van der Waals surface area contributed by atoms with Crippen molar-refractivity contribution in [2.45, 2.75) is 30.9 Å².